The highest BCUT2D eigenvalue weighted by Crippen LogP contribution is 2.21. The summed E-state index contributed by atoms with van der Waals surface area (Å²) >= 11 is 6.20. The number of carbonyl (C=O) groups excluding carboxylic acids is 1. The topological polar surface area (TPSA) is 87.0 Å². The second-order valence-corrected chi connectivity index (χ2v) is 9.73. The highest BCUT2D eigenvalue weighted by molar-refractivity contribution is 7.91. The molecule has 0 saturated carbocycles. The molecule has 0 radical (unpaired) electrons. The molecule has 0 unspecified atom stereocenters. The second-order valence-electron chi connectivity index (χ2n) is 7.21. The fraction of sp³-hybridized carbons (Fsp3) is 0.333. The summed E-state index contributed by atoms with van der Waals surface area (Å²) in [4.78, 5) is 12.7. The first-order valence-corrected chi connectivity index (χ1v) is 10.9. The zero-order valence-electron chi connectivity index (χ0n) is 15.9. The van der Waals surface area contributed by atoms with Gasteiger partial charge in [-0.2, -0.15) is 5.26 Å². The molecule has 2 aromatic carbocycles. The molecular weight excluding hydrogens is 396 g/mol. The van der Waals surface area contributed by atoms with Crippen molar-refractivity contribution in [3.63, 3.8) is 0 Å². The molecule has 2 rings (SSSR count). The maximum atomic E-state index is 12.6. The van der Waals surface area contributed by atoms with Crippen LogP contribution in [0.25, 0.3) is 0 Å². The van der Waals surface area contributed by atoms with Crippen molar-refractivity contribution in [3.05, 3.63) is 64.7 Å². The first-order chi connectivity index (χ1) is 13.1. The van der Waals surface area contributed by atoms with Crippen molar-refractivity contribution in [1.82, 2.24) is 5.32 Å². The summed E-state index contributed by atoms with van der Waals surface area (Å²) in [6, 6.07) is 15.3. The van der Waals surface area contributed by atoms with E-state index in [0.29, 0.717) is 17.0 Å². The van der Waals surface area contributed by atoms with Gasteiger partial charge in [0.05, 0.1) is 16.7 Å². The zero-order chi connectivity index (χ0) is 20.8. The van der Waals surface area contributed by atoms with Crippen molar-refractivity contribution in [2.75, 3.05) is 5.75 Å². The van der Waals surface area contributed by atoms with Gasteiger partial charge in [-0.05, 0) is 62.6 Å². The van der Waals surface area contributed by atoms with Crippen molar-refractivity contribution >= 4 is 27.3 Å². The summed E-state index contributed by atoms with van der Waals surface area (Å²) in [7, 11) is -3.45. The van der Waals surface area contributed by atoms with Gasteiger partial charge >= 0.3 is 0 Å². The summed E-state index contributed by atoms with van der Waals surface area (Å²) < 4.78 is 24.5. The number of nitrogens with one attached hydrogen (secondary N) is 1. The maximum absolute atomic E-state index is 12.6. The lowest BCUT2D eigenvalue weighted by Crippen LogP contribution is -2.45. The van der Waals surface area contributed by atoms with Gasteiger partial charge in [0.1, 0.15) is 0 Å². The third-order valence-electron chi connectivity index (χ3n) is 4.22. The van der Waals surface area contributed by atoms with Gasteiger partial charge in [0.25, 0.3) is 5.91 Å². The van der Waals surface area contributed by atoms with Gasteiger partial charge in [-0.25, -0.2) is 8.42 Å². The Kier molecular flexibility index (Phi) is 7.22. The van der Waals surface area contributed by atoms with Crippen LogP contribution in [0.4, 0.5) is 0 Å². The fourth-order valence-corrected chi connectivity index (χ4v) is 4.33. The molecule has 0 saturated heterocycles. The molecule has 7 heteroatoms. The molecule has 0 fully saturated rings. The van der Waals surface area contributed by atoms with Gasteiger partial charge in [-0.15, -0.1) is 0 Å². The molecule has 1 N–H and O–H groups in total. The molecule has 148 valence electrons. The Hall–Kier alpha value is -2.36. The number of amides is 1. The second kappa shape index (κ2) is 9.22. The van der Waals surface area contributed by atoms with E-state index in [4.69, 9.17) is 16.9 Å². The zero-order valence-corrected chi connectivity index (χ0v) is 17.5. The van der Waals surface area contributed by atoms with Crippen molar-refractivity contribution in [2.24, 2.45) is 0 Å². The lowest BCUT2D eigenvalue weighted by molar-refractivity contribution is 0.0913. The molecule has 0 aromatic heterocycles. The van der Waals surface area contributed by atoms with Crippen LogP contribution in [0.15, 0.2) is 53.4 Å². The Balaban J connectivity index is 2.06. The van der Waals surface area contributed by atoms with Crippen LogP contribution in [0.1, 0.15) is 42.6 Å². The Labute approximate surface area is 171 Å². The van der Waals surface area contributed by atoms with E-state index < -0.39 is 15.4 Å². The minimum absolute atomic E-state index is 0.0863. The van der Waals surface area contributed by atoms with Crippen LogP contribution in [-0.4, -0.2) is 25.6 Å². The van der Waals surface area contributed by atoms with Crippen LogP contribution >= 0.6 is 11.6 Å². The first-order valence-electron chi connectivity index (χ1n) is 8.90. The van der Waals surface area contributed by atoms with Crippen molar-refractivity contribution < 1.29 is 13.2 Å². The van der Waals surface area contributed by atoms with Gasteiger partial charge < -0.3 is 5.32 Å². The number of hydrogen-bond donors (Lipinski definition) is 1. The van der Waals surface area contributed by atoms with E-state index in [2.05, 4.69) is 5.32 Å². The third-order valence-corrected chi connectivity index (χ3v) is 6.40. The Morgan fingerprint density at radius 2 is 1.79 bits per heavy atom. The van der Waals surface area contributed by atoms with Crippen LogP contribution in [0.2, 0.25) is 5.02 Å². The van der Waals surface area contributed by atoms with Gasteiger partial charge in [-0.1, -0.05) is 29.8 Å². The standard InChI is InChI=1S/C21H23ClN2O3S/c1-21(2,15-17-7-3-4-8-19(17)22)24-20(25)16-9-11-18(12-10-16)28(26,27)14-6-5-13-23/h3-4,7-12H,5-6,14-15H2,1-2H3,(H,24,25). The maximum Gasteiger partial charge on any atom is 0.251 e. The number of nitriles is 1. The smallest absolute Gasteiger partial charge is 0.251 e. The summed E-state index contributed by atoms with van der Waals surface area (Å²) in [5.41, 5.74) is 0.779. The third kappa shape index (κ3) is 6.08. The van der Waals surface area contributed by atoms with Gasteiger partial charge in [0.15, 0.2) is 9.84 Å². The van der Waals surface area contributed by atoms with Crippen molar-refractivity contribution in [1.29, 1.82) is 5.26 Å². The van der Waals surface area contributed by atoms with E-state index in [0.717, 1.165) is 5.56 Å². The number of halogens is 1. The van der Waals surface area contributed by atoms with Crippen LogP contribution < -0.4 is 5.32 Å². The van der Waals surface area contributed by atoms with E-state index in [1.807, 2.05) is 44.2 Å². The van der Waals surface area contributed by atoms with Crippen LogP contribution in [-0.2, 0) is 16.3 Å². The molecule has 28 heavy (non-hydrogen) atoms. The molecule has 0 aliphatic rings. The summed E-state index contributed by atoms with van der Waals surface area (Å²) in [6.07, 6.45) is 1.04. The van der Waals surface area contributed by atoms with E-state index in [1.165, 1.54) is 24.3 Å². The molecule has 0 aliphatic heterocycles. The number of rotatable bonds is 8. The quantitative estimate of drug-likeness (QED) is 0.651. The molecule has 0 aliphatic carbocycles. The number of carbonyl (C=O) groups is 1. The van der Waals surface area contributed by atoms with Gasteiger partial charge in [-0.3, -0.25) is 4.79 Å². The van der Waals surface area contributed by atoms with Gasteiger partial charge in [0.2, 0.25) is 0 Å². The molecule has 0 bridgehead atoms. The van der Waals surface area contributed by atoms with E-state index in [9.17, 15) is 13.2 Å². The highest BCUT2D eigenvalue weighted by Gasteiger charge is 2.23. The van der Waals surface area contributed by atoms with Crippen LogP contribution in [0.3, 0.4) is 0 Å². The van der Waals surface area contributed by atoms with Crippen LogP contribution in [0.5, 0.6) is 0 Å². The average Bonchev–Trinajstić information content (AvgIpc) is 2.63. The number of benzene rings is 2. The predicted octanol–water partition coefficient (Wildman–Crippen LogP) is 4.17. The summed E-state index contributed by atoms with van der Waals surface area (Å²) in [5.74, 6) is -0.373. The van der Waals surface area contributed by atoms with Gasteiger partial charge in [0, 0.05) is 22.5 Å². The van der Waals surface area contributed by atoms with Crippen molar-refractivity contribution in [3.8, 4) is 6.07 Å². The van der Waals surface area contributed by atoms with Crippen molar-refractivity contribution in [2.45, 2.75) is 43.5 Å². The number of sulfone groups is 1. The molecule has 0 spiro atoms. The fourth-order valence-electron chi connectivity index (χ4n) is 2.81. The normalized spacial score (nSPS) is 11.6. The molecule has 0 heterocycles. The predicted molar refractivity (Wildman–Crippen MR) is 110 cm³/mol. The van der Waals surface area contributed by atoms with E-state index in [1.54, 1.807) is 0 Å². The molecule has 0 atom stereocenters. The molecule has 2 aromatic rings. The minimum Gasteiger partial charge on any atom is -0.347 e. The Morgan fingerprint density at radius 3 is 2.39 bits per heavy atom. The first kappa shape index (κ1) is 21.9. The summed E-state index contributed by atoms with van der Waals surface area (Å²) in [5, 5.41) is 12.1. The monoisotopic (exact) mass is 418 g/mol. The number of hydrogen-bond acceptors (Lipinski definition) is 4. The molecular formula is C21H23ClN2O3S. The largest absolute Gasteiger partial charge is 0.347 e. The lowest BCUT2D eigenvalue weighted by atomic mass is 9.94. The Morgan fingerprint density at radius 1 is 1.14 bits per heavy atom. The SMILES string of the molecule is CC(C)(Cc1ccccc1Cl)NC(=O)c1ccc(S(=O)(=O)CCCC#N)cc1. The minimum atomic E-state index is -3.45. The highest BCUT2D eigenvalue weighted by atomic mass is 35.5. The lowest BCUT2D eigenvalue weighted by Gasteiger charge is -2.27. The van der Waals surface area contributed by atoms with Crippen LogP contribution in [0, 0.1) is 11.3 Å². The molecule has 1 amide bonds. The number of unbranched alkanes of at least 4 members (excludes halogenated alkanes) is 1. The van der Waals surface area contributed by atoms with E-state index in [-0.39, 0.29) is 29.4 Å². The molecule has 5 nitrogen and oxygen atoms in total. The Bertz CT molecular complexity index is 977. The number of nitrogens with zero attached hydrogens (tertiary/aromatic N) is 1. The average molecular weight is 419 g/mol. The van der Waals surface area contributed by atoms with E-state index >= 15 is 0 Å². The summed E-state index contributed by atoms with van der Waals surface area (Å²) in [6.45, 7) is 3.81.